The van der Waals surface area contributed by atoms with Crippen LogP contribution in [0.1, 0.15) is 31.2 Å². The summed E-state index contributed by atoms with van der Waals surface area (Å²) in [5, 5.41) is 17.0. The Morgan fingerprint density at radius 2 is 1.92 bits per heavy atom. The van der Waals surface area contributed by atoms with E-state index >= 15 is 0 Å². The number of nitro groups is 1. The van der Waals surface area contributed by atoms with E-state index in [1.807, 2.05) is 12.1 Å². The molecule has 2 N–H and O–H groups in total. The number of carbonyl (C=O) groups excluding carboxylic acids is 1. The molecule has 0 radical (unpaired) electrons. The van der Waals surface area contributed by atoms with Crippen LogP contribution in [-0.2, 0) is 10.3 Å². The topological polar surface area (TPSA) is 84.3 Å². The Bertz CT molecular complexity index is 804. The molecule has 0 saturated heterocycles. The van der Waals surface area contributed by atoms with Crippen molar-refractivity contribution in [2.24, 2.45) is 0 Å². The van der Waals surface area contributed by atoms with Crippen molar-refractivity contribution in [3.63, 3.8) is 0 Å². The van der Waals surface area contributed by atoms with Crippen molar-refractivity contribution in [3.05, 3.63) is 68.7 Å². The van der Waals surface area contributed by atoms with E-state index in [0.717, 1.165) is 17.3 Å². The molecule has 136 valence electrons. The fraction of sp³-hybridized carbons (Fsp3) is 0.316. The zero-order valence-corrected chi connectivity index (χ0v) is 15.8. The van der Waals surface area contributed by atoms with E-state index in [-0.39, 0.29) is 17.1 Å². The standard InChI is InChI=1S/C19H20BrN3O3/c20-15-7-5-14(6-8-15)19(10-2-11-19)21-12-9-18(24)22-16-3-1-4-17(13-16)23(25)26/h1,3-8,13,21H,2,9-12H2,(H,22,24). The summed E-state index contributed by atoms with van der Waals surface area (Å²) in [7, 11) is 0. The van der Waals surface area contributed by atoms with Gasteiger partial charge >= 0.3 is 0 Å². The minimum atomic E-state index is -0.476. The molecule has 7 heteroatoms. The van der Waals surface area contributed by atoms with Crippen LogP contribution in [0.25, 0.3) is 0 Å². The summed E-state index contributed by atoms with van der Waals surface area (Å²) in [6.07, 6.45) is 3.59. The third kappa shape index (κ3) is 4.28. The molecule has 0 spiro atoms. The smallest absolute Gasteiger partial charge is 0.271 e. The molecule has 0 bridgehead atoms. The molecular formula is C19H20BrN3O3. The van der Waals surface area contributed by atoms with Gasteiger partial charge in [0.1, 0.15) is 0 Å². The van der Waals surface area contributed by atoms with Gasteiger partial charge in [-0.15, -0.1) is 0 Å². The summed E-state index contributed by atoms with van der Waals surface area (Å²) in [5.74, 6) is -0.164. The second-order valence-electron chi connectivity index (χ2n) is 6.47. The highest BCUT2D eigenvalue weighted by molar-refractivity contribution is 9.10. The summed E-state index contributed by atoms with van der Waals surface area (Å²) in [5.41, 5.74) is 1.60. The highest BCUT2D eigenvalue weighted by Gasteiger charge is 2.37. The number of nitrogens with one attached hydrogen (secondary N) is 2. The Morgan fingerprint density at radius 3 is 2.54 bits per heavy atom. The third-order valence-corrected chi connectivity index (χ3v) is 5.29. The van der Waals surface area contributed by atoms with Gasteiger partial charge in [0.15, 0.2) is 0 Å². The summed E-state index contributed by atoms with van der Waals surface area (Å²) in [4.78, 5) is 22.5. The monoisotopic (exact) mass is 417 g/mol. The number of carbonyl (C=O) groups is 1. The van der Waals surface area contributed by atoms with Crippen LogP contribution in [0.4, 0.5) is 11.4 Å². The second kappa shape index (κ2) is 7.97. The molecule has 0 heterocycles. The quantitative estimate of drug-likeness (QED) is 0.517. The van der Waals surface area contributed by atoms with Crippen molar-refractivity contribution in [3.8, 4) is 0 Å². The Kier molecular flexibility index (Phi) is 5.68. The predicted octanol–water partition coefficient (Wildman–Crippen LogP) is 4.35. The van der Waals surface area contributed by atoms with E-state index in [9.17, 15) is 14.9 Å². The molecule has 1 aliphatic carbocycles. The fourth-order valence-electron chi connectivity index (χ4n) is 3.20. The highest BCUT2D eigenvalue weighted by Crippen LogP contribution is 2.41. The number of nitro benzene ring substituents is 1. The van der Waals surface area contributed by atoms with Crippen LogP contribution in [0.3, 0.4) is 0 Å². The third-order valence-electron chi connectivity index (χ3n) is 4.76. The van der Waals surface area contributed by atoms with Gasteiger partial charge in [0, 0.05) is 40.8 Å². The molecule has 1 aliphatic rings. The molecule has 3 rings (SSSR count). The molecule has 0 atom stereocenters. The summed E-state index contributed by atoms with van der Waals surface area (Å²) < 4.78 is 1.05. The van der Waals surface area contributed by atoms with Gasteiger partial charge < -0.3 is 10.6 Å². The molecule has 1 amide bonds. The fourth-order valence-corrected chi connectivity index (χ4v) is 3.47. The first-order valence-electron chi connectivity index (χ1n) is 8.54. The number of nitrogens with zero attached hydrogens (tertiary/aromatic N) is 1. The Labute approximate surface area is 160 Å². The molecule has 26 heavy (non-hydrogen) atoms. The highest BCUT2D eigenvalue weighted by atomic mass is 79.9. The minimum absolute atomic E-state index is 0.0374. The van der Waals surface area contributed by atoms with Crippen LogP contribution in [0.2, 0.25) is 0 Å². The number of hydrogen-bond donors (Lipinski definition) is 2. The van der Waals surface area contributed by atoms with E-state index in [1.165, 1.54) is 24.1 Å². The average molecular weight is 418 g/mol. The van der Waals surface area contributed by atoms with Gasteiger partial charge in [-0.1, -0.05) is 34.1 Å². The van der Waals surface area contributed by atoms with Gasteiger partial charge in [-0.25, -0.2) is 0 Å². The molecule has 0 aromatic heterocycles. The van der Waals surface area contributed by atoms with E-state index in [2.05, 4.69) is 38.7 Å². The maximum Gasteiger partial charge on any atom is 0.271 e. The van der Waals surface area contributed by atoms with Gasteiger partial charge in [0.25, 0.3) is 5.69 Å². The molecule has 1 fully saturated rings. The van der Waals surface area contributed by atoms with Gasteiger partial charge in [-0.05, 0) is 43.0 Å². The number of benzene rings is 2. The number of non-ortho nitro benzene ring substituents is 1. The summed E-state index contributed by atoms with van der Waals surface area (Å²) in [6, 6.07) is 14.3. The van der Waals surface area contributed by atoms with E-state index < -0.39 is 4.92 Å². The van der Waals surface area contributed by atoms with E-state index in [0.29, 0.717) is 18.7 Å². The minimum Gasteiger partial charge on any atom is -0.326 e. The van der Waals surface area contributed by atoms with Crippen molar-refractivity contribution >= 4 is 33.2 Å². The van der Waals surface area contributed by atoms with Crippen LogP contribution in [0.5, 0.6) is 0 Å². The summed E-state index contributed by atoms with van der Waals surface area (Å²) in [6.45, 7) is 0.552. The van der Waals surface area contributed by atoms with E-state index in [1.54, 1.807) is 12.1 Å². The number of rotatable bonds is 7. The maximum absolute atomic E-state index is 12.1. The van der Waals surface area contributed by atoms with Crippen molar-refractivity contribution < 1.29 is 9.72 Å². The van der Waals surface area contributed by atoms with Crippen LogP contribution < -0.4 is 10.6 Å². The van der Waals surface area contributed by atoms with Crippen molar-refractivity contribution in [2.75, 3.05) is 11.9 Å². The van der Waals surface area contributed by atoms with Crippen molar-refractivity contribution in [1.29, 1.82) is 0 Å². The first-order chi connectivity index (χ1) is 12.5. The molecule has 0 unspecified atom stereocenters. The maximum atomic E-state index is 12.1. The van der Waals surface area contributed by atoms with Crippen LogP contribution in [0.15, 0.2) is 53.0 Å². The largest absolute Gasteiger partial charge is 0.326 e. The zero-order valence-electron chi connectivity index (χ0n) is 14.2. The van der Waals surface area contributed by atoms with Crippen molar-refractivity contribution in [2.45, 2.75) is 31.2 Å². The Hall–Kier alpha value is -2.25. The molecule has 6 nitrogen and oxygen atoms in total. The normalized spacial score (nSPS) is 15.1. The van der Waals surface area contributed by atoms with Crippen molar-refractivity contribution in [1.82, 2.24) is 5.32 Å². The molecular weight excluding hydrogens is 398 g/mol. The summed E-state index contributed by atoms with van der Waals surface area (Å²) >= 11 is 3.45. The van der Waals surface area contributed by atoms with Crippen LogP contribution in [0, 0.1) is 10.1 Å². The molecule has 2 aromatic carbocycles. The Balaban J connectivity index is 1.54. The second-order valence-corrected chi connectivity index (χ2v) is 7.39. The lowest BCUT2D eigenvalue weighted by molar-refractivity contribution is -0.384. The zero-order chi connectivity index (χ0) is 18.6. The first-order valence-corrected chi connectivity index (χ1v) is 9.33. The van der Waals surface area contributed by atoms with Crippen LogP contribution in [-0.4, -0.2) is 17.4 Å². The van der Waals surface area contributed by atoms with Gasteiger partial charge in [-0.3, -0.25) is 14.9 Å². The number of amides is 1. The number of hydrogen-bond acceptors (Lipinski definition) is 4. The molecule has 1 saturated carbocycles. The van der Waals surface area contributed by atoms with Gasteiger partial charge in [-0.2, -0.15) is 0 Å². The number of halogens is 1. The first kappa shape index (κ1) is 18.5. The average Bonchev–Trinajstić information content (AvgIpc) is 2.58. The predicted molar refractivity (Wildman–Crippen MR) is 104 cm³/mol. The Morgan fingerprint density at radius 1 is 1.19 bits per heavy atom. The van der Waals surface area contributed by atoms with E-state index in [4.69, 9.17) is 0 Å². The lowest BCUT2D eigenvalue weighted by Crippen LogP contribution is -2.48. The molecule has 0 aliphatic heterocycles. The molecule has 2 aromatic rings. The van der Waals surface area contributed by atoms with Gasteiger partial charge in [0.05, 0.1) is 4.92 Å². The van der Waals surface area contributed by atoms with Crippen LogP contribution >= 0.6 is 15.9 Å². The lowest BCUT2D eigenvalue weighted by Gasteiger charge is -2.43. The number of anilines is 1. The van der Waals surface area contributed by atoms with Gasteiger partial charge in [0.2, 0.25) is 5.91 Å². The SMILES string of the molecule is O=C(CCNC1(c2ccc(Br)cc2)CCC1)Nc1cccc([N+](=O)[O-])c1. The lowest BCUT2D eigenvalue weighted by atomic mass is 9.72.